The first-order valence-electron chi connectivity index (χ1n) is 7.55. The van der Waals surface area contributed by atoms with Crippen LogP contribution in [0.5, 0.6) is 0 Å². The number of aromatic nitrogens is 1. The third-order valence-electron chi connectivity index (χ3n) is 3.71. The molecule has 0 spiro atoms. The molecule has 0 amide bonds. The lowest BCUT2D eigenvalue weighted by atomic mass is 10.1. The van der Waals surface area contributed by atoms with Crippen molar-refractivity contribution in [3.05, 3.63) is 76.4 Å². The lowest BCUT2D eigenvalue weighted by Crippen LogP contribution is -1.82. The van der Waals surface area contributed by atoms with Gasteiger partial charge in [-0.3, -0.25) is 0 Å². The van der Waals surface area contributed by atoms with Crippen LogP contribution in [0.15, 0.2) is 64.4 Å². The van der Waals surface area contributed by atoms with Gasteiger partial charge in [-0.1, -0.05) is 30.3 Å². The number of furan rings is 1. The predicted molar refractivity (Wildman–Crippen MR) is 97.2 cm³/mol. The Morgan fingerprint density at radius 1 is 1.16 bits per heavy atom. The van der Waals surface area contributed by atoms with E-state index in [2.05, 4.69) is 11.1 Å². The minimum atomic E-state index is -0.308. The molecule has 5 heteroatoms. The van der Waals surface area contributed by atoms with Gasteiger partial charge in [0.25, 0.3) is 0 Å². The summed E-state index contributed by atoms with van der Waals surface area (Å²) in [6, 6.07) is 17.8. The van der Waals surface area contributed by atoms with Gasteiger partial charge in [0.05, 0.1) is 5.57 Å². The Morgan fingerprint density at radius 2 is 1.96 bits per heavy atom. The van der Waals surface area contributed by atoms with Crippen LogP contribution in [-0.4, -0.2) is 4.98 Å². The number of rotatable bonds is 3. The SMILES string of the molecule is N#C/C(=C\c1ccc(F)cc1)c1nc(-c2cc3ccccc3o2)cs1. The second-order valence-electron chi connectivity index (χ2n) is 5.41. The van der Waals surface area contributed by atoms with Crippen molar-refractivity contribution in [3.63, 3.8) is 0 Å². The molecule has 0 aliphatic carbocycles. The van der Waals surface area contributed by atoms with Crippen molar-refractivity contribution < 1.29 is 8.81 Å². The Hall–Kier alpha value is -3.23. The molecule has 2 heterocycles. The van der Waals surface area contributed by atoms with Crippen LogP contribution < -0.4 is 0 Å². The van der Waals surface area contributed by atoms with E-state index in [-0.39, 0.29) is 5.82 Å². The standard InChI is InChI=1S/C20H11FN2OS/c21-16-7-5-13(6-8-16)9-15(11-22)20-23-17(12-25-20)19-10-14-3-1-2-4-18(14)24-19/h1-10,12H/b15-9+. The fourth-order valence-corrected chi connectivity index (χ4v) is 3.26. The lowest BCUT2D eigenvalue weighted by Gasteiger charge is -1.95. The fraction of sp³-hybridized carbons (Fsp3) is 0. The topological polar surface area (TPSA) is 49.8 Å². The number of nitrogens with zero attached hydrogens (tertiary/aromatic N) is 2. The monoisotopic (exact) mass is 346 g/mol. The molecule has 2 aromatic carbocycles. The Kier molecular flexibility index (Phi) is 3.88. The van der Waals surface area contributed by atoms with Gasteiger partial charge < -0.3 is 4.42 Å². The number of hydrogen-bond donors (Lipinski definition) is 0. The van der Waals surface area contributed by atoms with E-state index in [1.165, 1.54) is 23.5 Å². The summed E-state index contributed by atoms with van der Waals surface area (Å²) in [6.45, 7) is 0. The smallest absolute Gasteiger partial charge is 0.154 e. The van der Waals surface area contributed by atoms with E-state index in [9.17, 15) is 9.65 Å². The molecule has 0 fully saturated rings. The van der Waals surface area contributed by atoms with E-state index < -0.39 is 0 Å². The average Bonchev–Trinajstić information content (AvgIpc) is 3.28. The van der Waals surface area contributed by atoms with Gasteiger partial charge in [0.1, 0.15) is 28.2 Å². The van der Waals surface area contributed by atoms with Gasteiger partial charge >= 0.3 is 0 Å². The maximum absolute atomic E-state index is 13.0. The summed E-state index contributed by atoms with van der Waals surface area (Å²) in [5, 5.41) is 12.9. The van der Waals surface area contributed by atoms with E-state index >= 15 is 0 Å². The maximum Gasteiger partial charge on any atom is 0.154 e. The molecule has 0 atom stereocenters. The molecule has 0 aliphatic heterocycles. The fourth-order valence-electron chi connectivity index (χ4n) is 2.49. The Balaban J connectivity index is 1.69. The van der Waals surface area contributed by atoms with Crippen LogP contribution in [0, 0.1) is 17.1 Å². The van der Waals surface area contributed by atoms with Crippen LogP contribution in [-0.2, 0) is 0 Å². The van der Waals surface area contributed by atoms with E-state index in [0.717, 1.165) is 16.5 Å². The van der Waals surface area contributed by atoms with Crippen LogP contribution in [0.1, 0.15) is 10.6 Å². The van der Waals surface area contributed by atoms with E-state index in [0.29, 0.717) is 22.0 Å². The number of fused-ring (bicyclic) bond motifs is 1. The van der Waals surface area contributed by atoms with Crippen molar-refractivity contribution in [1.29, 1.82) is 5.26 Å². The molecule has 0 aliphatic rings. The van der Waals surface area contributed by atoms with E-state index in [1.54, 1.807) is 18.2 Å². The largest absolute Gasteiger partial charge is 0.454 e. The number of benzene rings is 2. The molecule has 0 radical (unpaired) electrons. The minimum absolute atomic E-state index is 0.308. The van der Waals surface area contributed by atoms with Crippen LogP contribution in [0.25, 0.3) is 34.1 Å². The quantitative estimate of drug-likeness (QED) is 0.443. The van der Waals surface area contributed by atoms with Gasteiger partial charge in [-0.15, -0.1) is 11.3 Å². The first-order chi connectivity index (χ1) is 12.2. The third-order valence-corrected chi connectivity index (χ3v) is 4.59. The van der Waals surface area contributed by atoms with Gasteiger partial charge in [-0.25, -0.2) is 9.37 Å². The van der Waals surface area contributed by atoms with Crippen molar-refractivity contribution in [3.8, 4) is 17.5 Å². The highest BCUT2D eigenvalue weighted by atomic mass is 32.1. The lowest BCUT2D eigenvalue weighted by molar-refractivity contribution is 0.627. The number of allylic oxidation sites excluding steroid dienone is 1. The van der Waals surface area contributed by atoms with Crippen LogP contribution >= 0.6 is 11.3 Å². The molecule has 0 N–H and O–H groups in total. The highest BCUT2D eigenvalue weighted by molar-refractivity contribution is 7.11. The van der Waals surface area contributed by atoms with Gasteiger partial charge in [0.2, 0.25) is 0 Å². The number of thiazole rings is 1. The van der Waals surface area contributed by atoms with Gasteiger partial charge in [0.15, 0.2) is 5.76 Å². The Morgan fingerprint density at radius 3 is 2.72 bits per heavy atom. The molecule has 2 aromatic heterocycles. The highest BCUT2D eigenvalue weighted by Gasteiger charge is 2.12. The average molecular weight is 346 g/mol. The number of hydrogen-bond acceptors (Lipinski definition) is 4. The van der Waals surface area contributed by atoms with Crippen molar-refractivity contribution in [2.45, 2.75) is 0 Å². The molecular formula is C20H11FN2OS. The van der Waals surface area contributed by atoms with Crippen molar-refractivity contribution in [2.75, 3.05) is 0 Å². The molecule has 4 aromatic rings. The molecule has 4 rings (SSSR count). The summed E-state index contributed by atoms with van der Waals surface area (Å²) in [5.74, 6) is 0.361. The van der Waals surface area contributed by atoms with Crippen LogP contribution in [0.3, 0.4) is 0 Å². The zero-order valence-corrected chi connectivity index (χ0v) is 13.8. The van der Waals surface area contributed by atoms with Crippen molar-refractivity contribution >= 4 is 34.0 Å². The van der Waals surface area contributed by atoms with Gasteiger partial charge in [-0.05, 0) is 35.9 Å². The van der Waals surface area contributed by atoms with Gasteiger partial charge in [-0.2, -0.15) is 5.26 Å². The zero-order valence-electron chi connectivity index (χ0n) is 12.9. The van der Waals surface area contributed by atoms with Crippen molar-refractivity contribution in [2.24, 2.45) is 0 Å². The normalized spacial score (nSPS) is 11.6. The number of para-hydroxylation sites is 1. The minimum Gasteiger partial charge on any atom is -0.454 e. The molecule has 25 heavy (non-hydrogen) atoms. The molecule has 0 bridgehead atoms. The number of nitriles is 1. The summed E-state index contributed by atoms with van der Waals surface area (Å²) >= 11 is 1.37. The number of halogens is 1. The predicted octanol–water partition coefficient (Wildman–Crippen LogP) is 5.76. The molecule has 3 nitrogen and oxygen atoms in total. The summed E-state index contributed by atoms with van der Waals surface area (Å²) < 4.78 is 18.8. The molecule has 120 valence electrons. The highest BCUT2D eigenvalue weighted by Crippen LogP contribution is 2.31. The second-order valence-corrected chi connectivity index (χ2v) is 6.27. The van der Waals surface area contributed by atoms with Gasteiger partial charge in [0, 0.05) is 10.8 Å². The molecular weight excluding hydrogens is 335 g/mol. The molecule has 0 saturated heterocycles. The summed E-state index contributed by atoms with van der Waals surface area (Å²) in [5.41, 5.74) is 2.67. The molecule has 0 saturated carbocycles. The second kappa shape index (κ2) is 6.34. The van der Waals surface area contributed by atoms with Crippen LogP contribution in [0.2, 0.25) is 0 Å². The van der Waals surface area contributed by atoms with E-state index in [4.69, 9.17) is 4.42 Å². The maximum atomic E-state index is 13.0. The molecule has 0 unspecified atom stereocenters. The summed E-state index contributed by atoms with van der Waals surface area (Å²) in [4.78, 5) is 4.52. The third kappa shape index (κ3) is 3.08. The Bertz CT molecular complexity index is 1080. The van der Waals surface area contributed by atoms with E-state index in [1.807, 2.05) is 35.7 Å². The first-order valence-corrected chi connectivity index (χ1v) is 8.43. The van der Waals surface area contributed by atoms with Crippen LogP contribution in [0.4, 0.5) is 4.39 Å². The summed E-state index contributed by atoms with van der Waals surface area (Å²) in [7, 11) is 0. The first kappa shape index (κ1) is 15.3. The van der Waals surface area contributed by atoms with Crippen molar-refractivity contribution in [1.82, 2.24) is 4.98 Å². The zero-order chi connectivity index (χ0) is 17.2. The Labute approximate surface area is 147 Å². The summed E-state index contributed by atoms with van der Waals surface area (Å²) in [6.07, 6.45) is 1.70.